The molecule has 8 heteroatoms. The molecule has 0 aliphatic heterocycles. The van der Waals surface area contributed by atoms with Gasteiger partial charge in [0.2, 0.25) is 5.89 Å². The number of nitrogens with two attached hydrogens (primary N) is 1. The third kappa shape index (κ3) is 3.67. The summed E-state index contributed by atoms with van der Waals surface area (Å²) in [5.74, 6) is 0.785. The zero-order valence-corrected chi connectivity index (χ0v) is 12.2. The van der Waals surface area contributed by atoms with Crippen molar-refractivity contribution in [3.63, 3.8) is 0 Å². The first kappa shape index (κ1) is 14.7. The first-order chi connectivity index (χ1) is 9.37. The molecule has 2 atom stereocenters. The van der Waals surface area contributed by atoms with Gasteiger partial charge in [-0.15, -0.1) is 0 Å². The first-order valence-corrected chi connectivity index (χ1v) is 8.32. The average molecular weight is 298 g/mol. The lowest BCUT2D eigenvalue weighted by atomic mass is 10.2. The van der Waals surface area contributed by atoms with Crippen molar-refractivity contribution in [2.45, 2.75) is 25.4 Å². The van der Waals surface area contributed by atoms with E-state index >= 15 is 0 Å². The van der Waals surface area contributed by atoms with E-state index in [1.807, 2.05) is 36.0 Å². The standard InChI is InChI=1S/C12H18N4O3S/c1-9(16-6-3-4-7-16)11-14-12(19-15-11)10(13)5-8-20(2,17)18/h3-4,6-7,9-10H,5,8,13H2,1-2H3/t9-,10-/m0/s1. The van der Waals surface area contributed by atoms with E-state index in [1.165, 1.54) is 6.26 Å². The van der Waals surface area contributed by atoms with Gasteiger partial charge in [-0.1, -0.05) is 5.16 Å². The van der Waals surface area contributed by atoms with Gasteiger partial charge in [-0.05, 0) is 25.5 Å². The molecule has 2 aromatic rings. The Hall–Kier alpha value is -1.67. The van der Waals surface area contributed by atoms with Gasteiger partial charge in [0.1, 0.15) is 9.84 Å². The summed E-state index contributed by atoms with van der Waals surface area (Å²) in [6.45, 7) is 1.94. The van der Waals surface area contributed by atoms with Crippen molar-refractivity contribution in [3.05, 3.63) is 36.2 Å². The predicted molar refractivity (Wildman–Crippen MR) is 73.8 cm³/mol. The molecule has 2 N–H and O–H groups in total. The highest BCUT2D eigenvalue weighted by molar-refractivity contribution is 7.90. The van der Waals surface area contributed by atoms with Crippen molar-refractivity contribution in [1.82, 2.24) is 14.7 Å². The van der Waals surface area contributed by atoms with Crippen LogP contribution in [0.1, 0.15) is 37.1 Å². The molecular weight excluding hydrogens is 280 g/mol. The van der Waals surface area contributed by atoms with Gasteiger partial charge in [0, 0.05) is 18.6 Å². The molecule has 2 aromatic heterocycles. The van der Waals surface area contributed by atoms with Crippen LogP contribution in [0.4, 0.5) is 0 Å². The van der Waals surface area contributed by atoms with Crippen LogP contribution in [0.5, 0.6) is 0 Å². The molecule has 7 nitrogen and oxygen atoms in total. The highest BCUT2D eigenvalue weighted by Crippen LogP contribution is 2.18. The van der Waals surface area contributed by atoms with Crippen molar-refractivity contribution < 1.29 is 12.9 Å². The zero-order chi connectivity index (χ0) is 14.8. The highest BCUT2D eigenvalue weighted by atomic mass is 32.2. The maximum Gasteiger partial charge on any atom is 0.243 e. The highest BCUT2D eigenvalue weighted by Gasteiger charge is 2.20. The molecule has 20 heavy (non-hydrogen) atoms. The number of hydrogen-bond donors (Lipinski definition) is 1. The SMILES string of the molecule is C[C@@H](c1noc([C@@H](N)CCS(C)(=O)=O)n1)n1cccc1. The molecule has 0 spiro atoms. The molecule has 0 aliphatic carbocycles. The summed E-state index contributed by atoms with van der Waals surface area (Å²) in [6.07, 6.45) is 5.25. The van der Waals surface area contributed by atoms with E-state index in [0.717, 1.165) is 0 Å². The van der Waals surface area contributed by atoms with E-state index in [2.05, 4.69) is 10.1 Å². The summed E-state index contributed by atoms with van der Waals surface area (Å²) in [7, 11) is -3.05. The van der Waals surface area contributed by atoms with Crippen molar-refractivity contribution >= 4 is 9.84 Å². The number of nitrogens with zero attached hydrogens (tertiary/aromatic N) is 3. The lowest BCUT2D eigenvalue weighted by molar-refractivity contribution is 0.345. The van der Waals surface area contributed by atoms with E-state index in [0.29, 0.717) is 5.82 Å². The van der Waals surface area contributed by atoms with Gasteiger partial charge < -0.3 is 14.8 Å². The summed E-state index contributed by atoms with van der Waals surface area (Å²) >= 11 is 0. The Labute approximate surface area is 117 Å². The lowest BCUT2D eigenvalue weighted by Gasteiger charge is -2.08. The summed E-state index contributed by atoms with van der Waals surface area (Å²) in [4.78, 5) is 4.25. The van der Waals surface area contributed by atoms with Crippen molar-refractivity contribution in [1.29, 1.82) is 0 Å². The second-order valence-electron chi connectivity index (χ2n) is 4.82. The third-order valence-electron chi connectivity index (χ3n) is 3.02. The van der Waals surface area contributed by atoms with Crippen molar-refractivity contribution in [2.75, 3.05) is 12.0 Å². The quantitative estimate of drug-likeness (QED) is 0.850. The van der Waals surface area contributed by atoms with E-state index in [1.54, 1.807) is 0 Å². The van der Waals surface area contributed by atoms with Crippen LogP contribution in [-0.4, -0.2) is 35.1 Å². The fraction of sp³-hybridized carbons (Fsp3) is 0.500. The van der Waals surface area contributed by atoms with Crippen LogP contribution < -0.4 is 5.73 Å². The van der Waals surface area contributed by atoms with Gasteiger partial charge in [-0.3, -0.25) is 0 Å². The van der Waals surface area contributed by atoms with Crippen LogP contribution in [0.25, 0.3) is 0 Å². The van der Waals surface area contributed by atoms with E-state index in [9.17, 15) is 8.42 Å². The molecule has 0 saturated heterocycles. The van der Waals surface area contributed by atoms with Gasteiger partial charge in [0.15, 0.2) is 5.82 Å². The topological polar surface area (TPSA) is 104 Å². The second-order valence-corrected chi connectivity index (χ2v) is 7.08. The molecule has 2 rings (SSSR count). The molecule has 0 aliphatic rings. The van der Waals surface area contributed by atoms with Gasteiger partial charge in [0.25, 0.3) is 0 Å². The molecule has 2 heterocycles. The van der Waals surface area contributed by atoms with Crippen LogP contribution in [0.15, 0.2) is 29.0 Å². The van der Waals surface area contributed by atoms with Crippen molar-refractivity contribution in [2.24, 2.45) is 5.73 Å². The Morgan fingerprint density at radius 3 is 2.65 bits per heavy atom. The zero-order valence-electron chi connectivity index (χ0n) is 11.4. The van der Waals surface area contributed by atoms with Crippen LogP contribution >= 0.6 is 0 Å². The summed E-state index contributed by atoms with van der Waals surface area (Å²) in [6, 6.07) is 3.19. The summed E-state index contributed by atoms with van der Waals surface area (Å²) < 4.78 is 29.3. The van der Waals surface area contributed by atoms with E-state index in [-0.39, 0.29) is 24.1 Å². The molecule has 0 unspecified atom stereocenters. The molecule has 0 fully saturated rings. The Balaban J connectivity index is 2.05. The van der Waals surface area contributed by atoms with Crippen LogP contribution in [0.3, 0.4) is 0 Å². The molecule has 0 aromatic carbocycles. The van der Waals surface area contributed by atoms with Gasteiger partial charge >= 0.3 is 0 Å². The molecule has 0 radical (unpaired) electrons. The van der Waals surface area contributed by atoms with Crippen molar-refractivity contribution in [3.8, 4) is 0 Å². The summed E-state index contributed by atoms with van der Waals surface area (Å²) in [5.41, 5.74) is 5.87. The monoisotopic (exact) mass is 298 g/mol. The summed E-state index contributed by atoms with van der Waals surface area (Å²) in [5, 5.41) is 3.90. The Morgan fingerprint density at radius 2 is 2.05 bits per heavy atom. The normalized spacial score (nSPS) is 15.2. The van der Waals surface area contributed by atoms with E-state index in [4.69, 9.17) is 10.3 Å². The minimum absolute atomic E-state index is 0.000958. The maximum absolute atomic E-state index is 11.1. The first-order valence-electron chi connectivity index (χ1n) is 6.26. The fourth-order valence-electron chi connectivity index (χ4n) is 1.77. The largest absolute Gasteiger partial charge is 0.344 e. The van der Waals surface area contributed by atoms with Crippen LogP contribution in [0, 0.1) is 0 Å². The lowest BCUT2D eigenvalue weighted by Crippen LogP contribution is -2.16. The predicted octanol–water partition coefficient (Wildman–Crippen LogP) is 0.915. The number of aromatic nitrogens is 3. The maximum atomic E-state index is 11.1. The number of rotatable bonds is 6. The number of sulfone groups is 1. The Bertz CT molecular complexity index is 648. The minimum atomic E-state index is -3.05. The Kier molecular flexibility index (Phi) is 4.24. The molecule has 0 saturated carbocycles. The van der Waals surface area contributed by atoms with E-state index < -0.39 is 15.9 Å². The second kappa shape index (κ2) is 5.76. The smallest absolute Gasteiger partial charge is 0.243 e. The molecular formula is C12H18N4O3S. The minimum Gasteiger partial charge on any atom is -0.344 e. The average Bonchev–Trinajstić information content (AvgIpc) is 3.04. The third-order valence-corrected chi connectivity index (χ3v) is 4.00. The molecule has 0 bridgehead atoms. The van der Waals surface area contributed by atoms with Gasteiger partial charge in [-0.25, -0.2) is 8.42 Å². The number of hydrogen-bond acceptors (Lipinski definition) is 6. The Morgan fingerprint density at radius 1 is 1.40 bits per heavy atom. The van der Waals surface area contributed by atoms with Gasteiger partial charge in [0.05, 0.1) is 17.8 Å². The molecule has 0 amide bonds. The van der Waals surface area contributed by atoms with Gasteiger partial charge in [-0.2, -0.15) is 4.98 Å². The molecule has 110 valence electrons. The fourth-order valence-corrected chi connectivity index (χ4v) is 2.45. The van der Waals surface area contributed by atoms with Crippen LogP contribution in [-0.2, 0) is 9.84 Å². The van der Waals surface area contributed by atoms with Crippen LogP contribution in [0.2, 0.25) is 0 Å².